The lowest BCUT2D eigenvalue weighted by Gasteiger charge is -2.03. The molecule has 0 rings (SSSR count). The van der Waals surface area contributed by atoms with Crippen LogP contribution in [0.4, 0.5) is 0 Å². The van der Waals surface area contributed by atoms with Crippen LogP contribution < -0.4 is 0 Å². The van der Waals surface area contributed by atoms with Gasteiger partial charge in [0.25, 0.3) is 0 Å². The van der Waals surface area contributed by atoms with Crippen LogP contribution in [0.1, 0.15) is 117 Å². The van der Waals surface area contributed by atoms with Crippen molar-refractivity contribution >= 4 is 29.8 Å². The van der Waals surface area contributed by atoms with Gasteiger partial charge in [-0.15, -0.1) is 0 Å². The highest BCUT2D eigenvalue weighted by Crippen LogP contribution is 2.19. The third-order valence-corrected chi connectivity index (χ3v) is 3.96. The Morgan fingerprint density at radius 3 is 0.714 bits per heavy atom. The molecule has 0 spiro atoms. The van der Waals surface area contributed by atoms with Gasteiger partial charge in [-0.2, -0.15) is 0 Å². The minimum Gasteiger partial charge on any atom is -0.0818 e. The van der Waals surface area contributed by atoms with Crippen molar-refractivity contribution < 1.29 is 0 Å². The summed E-state index contributed by atoms with van der Waals surface area (Å²) in [5.74, 6) is 0. The minimum atomic E-state index is 0.0278. The lowest BCUT2D eigenvalue weighted by atomic mass is 10.0. The monoisotopic (exact) mass is 356 g/mol. The summed E-state index contributed by atoms with van der Waals surface area (Å²) in [4.78, 5) is 0. The van der Waals surface area contributed by atoms with Crippen molar-refractivity contribution in [3.05, 3.63) is 0 Å². The van der Waals surface area contributed by atoms with E-state index in [0.717, 1.165) is 0 Å². The molecule has 21 heavy (non-hydrogen) atoms. The van der Waals surface area contributed by atoms with E-state index >= 15 is 0 Å². The first-order valence-corrected chi connectivity index (χ1v) is 12.3. The standard InChI is InChI=1S/C18H38.Cl2HP/c1-3-5-7-9-11-13-15-17-18-16-14-12-10-8-6-4-2;1-3-2/h3-18H2,1-2H3;3H. The highest BCUT2D eigenvalue weighted by molar-refractivity contribution is 7.90. The van der Waals surface area contributed by atoms with Crippen molar-refractivity contribution in [1.29, 1.82) is 0 Å². The molecule has 0 nitrogen and oxygen atoms in total. The molecular weight excluding hydrogens is 318 g/mol. The first kappa shape index (κ1) is 24.3. The first-order chi connectivity index (χ1) is 10.3. The Balaban J connectivity index is 0. The Kier molecular flexibility index (Phi) is 30.0. The summed E-state index contributed by atoms with van der Waals surface area (Å²) < 4.78 is 0. The fourth-order valence-corrected chi connectivity index (χ4v) is 2.62. The maximum atomic E-state index is 4.79. The van der Waals surface area contributed by atoms with Gasteiger partial charge >= 0.3 is 0 Å². The Labute approximate surface area is 146 Å². The zero-order valence-electron chi connectivity index (χ0n) is 14.6. The van der Waals surface area contributed by atoms with E-state index in [1.165, 1.54) is 103 Å². The fraction of sp³-hybridized carbons (Fsp3) is 1.00. The first-order valence-electron chi connectivity index (χ1n) is 9.29. The topological polar surface area (TPSA) is 0 Å². The molecule has 0 saturated heterocycles. The van der Waals surface area contributed by atoms with Crippen molar-refractivity contribution in [2.75, 3.05) is 0 Å². The van der Waals surface area contributed by atoms with Gasteiger partial charge in [0.05, 0.1) is 7.29 Å². The number of hydrogen-bond acceptors (Lipinski definition) is 0. The molecule has 0 fully saturated rings. The highest BCUT2D eigenvalue weighted by Gasteiger charge is 1.93. The number of rotatable bonds is 15. The average Bonchev–Trinajstić information content (AvgIpc) is 2.48. The summed E-state index contributed by atoms with van der Waals surface area (Å²) in [6.07, 6.45) is 23.4. The van der Waals surface area contributed by atoms with Crippen LogP contribution in [0, 0.1) is 0 Å². The summed E-state index contributed by atoms with van der Waals surface area (Å²) >= 11 is 9.58. The summed E-state index contributed by atoms with van der Waals surface area (Å²) in [6.45, 7) is 4.59. The molecule has 0 saturated carbocycles. The Bertz CT molecular complexity index is 138. The second-order valence-corrected chi connectivity index (χ2v) is 7.88. The van der Waals surface area contributed by atoms with E-state index in [4.69, 9.17) is 22.5 Å². The van der Waals surface area contributed by atoms with Crippen molar-refractivity contribution in [3.63, 3.8) is 0 Å². The summed E-state index contributed by atoms with van der Waals surface area (Å²) in [7, 11) is 0.0278. The third kappa shape index (κ3) is 29.6. The Hall–Kier alpha value is 1.01. The van der Waals surface area contributed by atoms with Crippen molar-refractivity contribution in [1.82, 2.24) is 0 Å². The Morgan fingerprint density at radius 1 is 0.429 bits per heavy atom. The molecule has 0 aromatic heterocycles. The second-order valence-electron chi connectivity index (χ2n) is 6.02. The van der Waals surface area contributed by atoms with Crippen LogP contribution in [0.3, 0.4) is 0 Å². The van der Waals surface area contributed by atoms with Crippen LogP contribution >= 0.6 is 29.8 Å². The number of unbranched alkanes of at least 4 members (excludes halogenated alkanes) is 15. The molecule has 0 aromatic carbocycles. The van der Waals surface area contributed by atoms with Gasteiger partial charge < -0.3 is 0 Å². The Morgan fingerprint density at radius 2 is 0.571 bits per heavy atom. The molecule has 0 aliphatic heterocycles. The van der Waals surface area contributed by atoms with Crippen molar-refractivity contribution in [2.45, 2.75) is 117 Å². The van der Waals surface area contributed by atoms with Gasteiger partial charge in [-0.1, -0.05) is 139 Å². The molecule has 3 heteroatoms. The predicted octanol–water partition coefficient (Wildman–Crippen LogP) is 9.24. The number of hydrogen-bond donors (Lipinski definition) is 0. The van der Waals surface area contributed by atoms with E-state index in [9.17, 15) is 0 Å². The zero-order chi connectivity index (χ0) is 16.0. The van der Waals surface area contributed by atoms with E-state index in [-0.39, 0.29) is 7.29 Å². The third-order valence-electron chi connectivity index (χ3n) is 3.96. The van der Waals surface area contributed by atoms with Crippen molar-refractivity contribution in [3.8, 4) is 0 Å². The second kappa shape index (κ2) is 25.9. The van der Waals surface area contributed by atoms with Crippen LogP contribution in [0.2, 0.25) is 0 Å². The molecule has 0 aliphatic carbocycles. The molecule has 130 valence electrons. The highest BCUT2D eigenvalue weighted by atomic mass is 35.9. The quantitative estimate of drug-likeness (QED) is 0.202. The van der Waals surface area contributed by atoms with Gasteiger partial charge in [0, 0.05) is 0 Å². The zero-order valence-corrected chi connectivity index (χ0v) is 17.1. The smallest absolute Gasteiger partial charge is 0.0713 e. The van der Waals surface area contributed by atoms with E-state index in [1.54, 1.807) is 0 Å². The SMILES string of the molecule is CCCCCCCCCCCCCCCCCC.ClPCl. The van der Waals surface area contributed by atoms with E-state index in [1.807, 2.05) is 0 Å². The summed E-state index contributed by atoms with van der Waals surface area (Å²) in [5, 5.41) is 0. The fourth-order valence-electron chi connectivity index (χ4n) is 2.62. The molecule has 0 aromatic rings. The van der Waals surface area contributed by atoms with Crippen LogP contribution in [-0.4, -0.2) is 0 Å². The molecule has 0 bridgehead atoms. The molecule has 0 atom stereocenters. The summed E-state index contributed by atoms with van der Waals surface area (Å²) in [6, 6.07) is 0. The minimum absolute atomic E-state index is 0.0278. The lowest BCUT2D eigenvalue weighted by molar-refractivity contribution is 0.531. The van der Waals surface area contributed by atoms with Gasteiger partial charge in [0.1, 0.15) is 0 Å². The van der Waals surface area contributed by atoms with E-state index in [2.05, 4.69) is 13.8 Å². The maximum Gasteiger partial charge on any atom is 0.0713 e. The average molecular weight is 357 g/mol. The van der Waals surface area contributed by atoms with Gasteiger partial charge in [0.15, 0.2) is 0 Å². The van der Waals surface area contributed by atoms with Gasteiger partial charge in [-0.25, -0.2) is 0 Å². The van der Waals surface area contributed by atoms with Crippen LogP contribution in [0.25, 0.3) is 0 Å². The molecule has 0 heterocycles. The van der Waals surface area contributed by atoms with Crippen molar-refractivity contribution in [2.24, 2.45) is 0 Å². The van der Waals surface area contributed by atoms with Gasteiger partial charge in [-0.05, 0) is 0 Å². The van der Waals surface area contributed by atoms with Crippen LogP contribution in [0.15, 0.2) is 0 Å². The molecular formula is C18H39Cl2P. The van der Waals surface area contributed by atoms with Gasteiger partial charge in [0.2, 0.25) is 0 Å². The molecule has 0 amide bonds. The largest absolute Gasteiger partial charge is 0.0818 e. The summed E-state index contributed by atoms with van der Waals surface area (Å²) in [5.41, 5.74) is 0. The van der Waals surface area contributed by atoms with E-state index in [0.29, 0.717) is 0 Å². The van der Waals surface area contributed by atoms with E-state index < -0.39 is 0 Å². The maximum absolute atomic E-state index is 4.79. The molecule has 0 unspecified atom stereocenters. The predicted molar refractivity (Wildman–Crippen MR) is 105 cm³/mol. The molecule has 0 radical (unpaired) electrons. The molecule has 0 N–H and O–H groups in total. The number of halogens is 2. The van der Waals surface area contributed by atoms with Gasteiger partial charge in [-0.3, -0.25) is 0 Å². The van der Waals surface area contributed by atoms with Crippen LogP contribution in [-0.2, 0) is 0 Å². The molecule has 0 aliphatic rings. The van der Waals surface area contributed by atoms with Crippen LogP contribution in [0.5, 0.6) is 0 Å². The lowest BCUT2D eigenvalue weighted by Crippen LogP contribution is -1.83. The normalized spacial score (nSPS) is 10.3.